The van der Waals surface area contributed by atoms with E-state index in [-0.39, 0.29) is 24.4 Å². The fourth-order valence-electron chi connectivity index (χ4n) is 4.21. The summed E-state index contributed by atoms with van der Waals surface area (Å²) in [5.41, 5.74) is 2.62. The zero-order valence-corrected chi connectivity index (χ0v) is 18.7. The van der Waals surface area contributed by atoms with Crippen LogP contribution in [0.15, 0.2) is 40.9 Å². The summed E-state index contributed by atoms with van der Waals surface area (Å²) in [5, 5.41) is 3.20. The van der Waals surface area contributed by atoms with Gasteiger partial charge >= 0.3 is 0 Å². The van der Waals surface area contributed by atoms with E-state index in [1.54, 1.807) is 18.2 Å². The Balaban J connectivity index is 0.00000218. The molecule has 1 aliphatic heterocycles. The number of fused-ring (bicyclic) bond motifs is 2. The number of hydrogen-bond donors (Lipinski definition) is 2. The highest BCUT2D eigenvalue weighted by Crippen LogP contribution is 2.34. The molecule has 2 aromatic carbocycles. The molecule has 5 rings (SSSR count). The summed E-state index contributed by atoms with van der Waals surface area (Å²) in [7, 11) is 0. The second-order valence-corrected chi connectivity index (χ2v) is 8.59. The number of ether oxygens (including phenoxy) is 2. The summed E-state index contributed by atoms with van der Waals surface area (Å²) in [5.74, 6) is 2.60. The number of nitrogens with zero attached hydrogens (tertiary/aromatic N) is 1. The maximum Gasteiger partial charge on any atom is 0.251 e. The van der Waals surface area contributed by atoms with Crippen LogP contribution in [0, 0.1) is 0 Å². The third-order valence-electron chi connectivity index (χ3n) is 5.66. The second-order valence-electron chi connectivity index (χ2n) is 7.68. The van der Waals surface area contributed by atoms with Crippen LogP contribution in [0.3, 0.4) is 0 Å². The van der Waals surface area contributed by atoms with Crippen LogP contribution < -0.4 is 14.8 Å². The number of amides is 1. The molecule has 30 heavy (non-hydrogen) atoms. The standard InChI is InChI=1S/C22H22BrN3O3.ClH/c23-15-5-6-17-18(12-15)26-21(25-17)13-2-1-3-16(10-13)24-22(27)14-4-7-19-20(11-14)29-9-8-28-19;/h4-7,11-13,16H,1-3,8-10H2,(H,24,27)(H,25,26);1H/t13-,16+;/m1./s1. The lowest BCUT2D eigenvalue weighted by molar-refractivity contribution is 0.0923. The first-order chi connectivity index (χ1) is 14.2. The first kappa shape index (κ1) is 21.0. The Morgan fingerprint density at radius 2 is 1.93 bits per heavy atom. The molecule has 0 radical (unpaired) electrons. The van der Waals surface area contributed by atoms with Crippen molar-refractivity contribution in [2.24, 2.45) is 0 Å². The number of H-pyrrole nitrogens is 1. The molecule has 158 valence electrons. The van der Waals surface area contributed by atoms with Gasteiger partial charge in [0.15, 0.2) is 11.5 Å². The Labute approximate surface area is 189 Å². The van der Waals surface area contributed by atoms with E-state index in [1.807, 2.05) is 18.2 Å². The van der Waals surface area contributed by atoms with Gasteiger partial charge < -0.3 is 19.8 Å². The zero-order chi connectivity index (χ0) is 19.8. The fourth-order valence-corrected chi connectivity index (χ4v) is 4.56. The first-order valence-corrected chi connectivity index (χ1v) is 10.8. The molecule has 2 N–H and O–H groups in total. The lowest BCUT2D eigenvalue weighted by Crippen LogP contribution is -2.38. The van der Waals surface area contributed by atoms with Gasteiger partial charge in [-0.05, 0) is 55.7 Å². The molecule has 1 saturated carbocycles. The van der Waals surface area contributed by atoms with Crippen LogP contribution in [0.4, 0.5) is 0 Å². The van der Waals surface area contributed by atoms with Crippen LogP contribution in [0.1, 0.15) is 47.8 Å². The molecule has 1 fully saturated rings. The van der Waals surface area contributed by atoms with E-state index in [0.717, 1.165) is 47.0 Å². The largest absolute Gasteiger partial charge is 0.486 e. The predicted octanol–water partition coefficient (Wildman–Crippen LogP) is 4.97. The fraction of sp³-hybridized carbons (Fsp3) is 0.364. The number of aromatic amines is 1. The zero-order valence-electron chi connectivity index (χ0n) is 16.3. The third-order valence-corrected chi connectivity index (χ3v) is 6.16. The number of benzene rings is 2. The molecule has 1 amide bonds. The summed E-state index contributed by atoms with van der Waals surface area (Å²) < 4.78 is 12.2. The topological polar surface area (TPSA) is 76.2 Å². The van der Waals surface area contributed by atoms with Gasteiger partial charge in [-0.3, -0.25) is 4.79 Å². The van der Waals surface area contributed by atoms with Crippen molar-refractivity contribution in [3.05, 3.63) is 52.3 Å². The van der Waals surface area contributed by atoms with Crippen LogP contribution in [0.25, 0.3) is 11.0 Å². The van der Waals surface area contributed by atoms with E-state index in [2.05, 4.69) is 26.2 Å². The molecule has 0 unspecified atom stereocenters. The van der Waals surface area contributed by atoms with Gasteiger partial charge in [0.2, 0.25) is 0 Å². The number of halogens is 2. The Bertz CT molecular complexity index is 1070. The molecule has 2 aliphatic rings. The quantitative estimate of drug-likeness (QED) is 0.541. The summed E-state index contributed by atoms with van der Waals surface area (Å²) in [6.07, 6.45) is 4.02. The van der Waals surface area contributed by atoms with Gasteiger partial charge in [-0.2, -0.15) is 0 Å². The van der Waals surface area contributed by atoms with E-state index in [1.165, 1.54) is 0 Å². The number of rotatable bonds is 3. The van der Waals surface area contributed by atoms with Gasteiger partial charge in [0.25, 0.3) is 5.91 Å². The number of imidazole rings is 1. The van der Waals surface area contributed by atoms with E-state index in [4.69, 9.17) is 14.5 Å². The van der Waals surface area contributed by atoms with Crippen LogP contribution in [-0.2, 0) is 0 Å². The Kier molecular flexibility index (Phi) is 6.20. The van der Waals surface area contributed by atoms with Crippen molar-refractivity contribution in [2.75, 3.05) is 13.2 Å². The highest BCUT2D eigenvalue weighted by atomic mass is 79.9. The highest BCUT2D eigenvalue weighted by molar-refractivity contribution is 9.10. The molecule has 3 aromatic rings. The van der Waals surface area contributed by atoms with E-state index >= 15 is 0 Å². The molecule has 0 saturated heterocycles. The maximum absolute atomic E-state index is 12.8. The number of nitrogens with one attached hydrogen (secondary N) is 2. The normalized spacial score (nSPS) is 20.4. The smallest absolute Gasteiger partial charge is 0.251 e. The summed E-state index contributed by atoms with van der Waals surface area (Å²) in [6.45, 7) is 1.05. The molecule has 2 heterocycles. The molecular weight excluding hydrogens is 470 g/mol. The lowest BCUT2D eigenvalue weighted by atomic mass is 9.85. The number of carbonyl (C=O) groups excluding carboxylic acids is 1. The molecule has 0 spiro atoms. The Hall–Kier alpha value is -2.25. The van der Waals surface area contributed by atoms with Crippen molar-refractivity contribution in [1.29, 1.82) is 0 Å². The van der Waals surface area contributed by atoms with Gasteiger partial charge in [-0.25, -0.2) is 4.98 Å². The minimum absolute atomic E-state index is 0. The van der Waals surface area contributed by atoms with Crippen LogP contribution in [0.2, 0.25) is 0 Å². The molecule has 1 aliphatic carbocycles. The third kappa shape index (κ3) is 4.27. The van der Waals surface area contributed by atoms with Gasteiger partial charge in [0, 0.05) is 22.0 Å². The monoisotopic (exact) mass is 491 g/mol. The van der Waals surface area contributed by atoms with Gasteiger partial charge in [-0.15, -0.1) is 12.4 Å². The van der Waals surface area contributed by atoms with Crippen LogP contribution in [-0.4, -0.2) is 35.1 Å². The van der Waals surface area contributed by atoms with E-state index in [0.29, 0.717) is 36.2 Å². The second kappa shape index (κ2) is 8.86. The van der Waals surface area contributed by atoms with Gasteiger partial charge in [0.05, 0.1) is 11.0 Å². The lowest BCUT2D eigenvalue weighted by Gasteiger charge is -2.29. The molecule has 0 bridgehead atoms. The minimum Gasteiger partial charge on any atom is -0.486 e. The Morgan fingerprint density at radius 1 is 1.10 bits per heavy atom. The molecule has 1 aromatic heterocycles. The highest BCUT2D eigenvalue weighted by Gasteiger charge is 2.27. The Morgan fingerprint density at radius 3 is 2.80 bits per heavy atom. The molecule has 8 heteroatoms. The van der Waals surface area contributed by atoms with Crippen LogP contribution >= 0.6 is 28.3 Å². The predicted molar refractivity (Wildman–Crippen MR) is 121 cm³/mol. The number of aromatic nitrogens is 2. The molecule has 2 atom stereocenters. The number of hydrogen-bond acceptors (Lipinski definition) is 4. The van der Waals surface area contributed by atoms with Crippen molar-refractivity contribution < 1.29 is 14.3 Å². The van der Waals surface area contributed by atoms with E-state index < -0.39 is 0 Å². The van der Waals surface area contributed by atoms with Gasteiger partial charge in [0.1, 0.15) is 19.0 Å². The van der Waals surface area contributed by atoms with E-state index in [9.17, 15) is 4.79 Å². The first-order valence-electron chi connectivity index (χ1n) is 10.0. The SMILES string of the molecule is Cl.O=C(N[C@H]1CCC[C@@H](c2nc3cc(Br)ccc3[nH]2)C1)c1ccc2c(c1)OCCO2. The van der Waals surface area contributed by atoms with Crippen molar-refractivity contribution in [2.45, 2.75) is 37.6 Å². The molecular formula is C22H23BrClN3O3. The summed E-state index contributed by atoms with van der Waals surface area (Å²) in [4.78, 5) is 21.0. The minimum atomic E-state index is -0.0684. The average molecular weight is 493 g/mol. The van der Waals surface area contributed by atoms with Crippen molar-refractivity contribution >= 4 is 45.3 Å². The van der Waals surface area contributed by atoms with Crippen molar-refractivity contribution in [3.63, 3.8) is 0 Å². The maximum atomic E-state index is 12.8. The summed E-state index contributed by atoms with van der Waals surface area (Å²) >= 11 is 3.50. The van der Waals surface area contributed by atoms with Gasteiger partial charge in [-0.1, -0.05) is 22.4 Å². The number of carbonyl (C=O) groups is 1. The summed E-state index contributed by atoms with van der Waals surface area (Å²) in [6, 6.07) is 11.6. The van der Waals surface area contributed by atoms with Crippen LogP contribution in [0.5, 0.6) is 11.5 Å². The van der Waals surface area contributed by atoms with Crippen molar-refractivity contribution in [1.82, 2.24) is 15.3 Å². The van der Waals surface area contributed by atoms with Crippen molar-refractivity contribution in [3.8, 4) is 11.5 Å². The average Bonchev–Trinajstić information content (AvgIpc) is 3.17. The molecule has 6 nitrogen and oxygen atoms in total.